The van der Waals surface area contributed by atoms with E-state index >= 15 is 0 Å². The predicted octanol–water partition coefficient (Wildman–Crippen LogP) is 3.37. The van der Waals surface area contributed by atoms with Gasteiger partial charge in [-0.05, 0) is 62.4 Å². The second-order valence-corrected chi connectivity index (χ2v) is 10.7. The molecule has 0 spiro atoms. The molecule has 0 radical (unpaired) electrons. The van der Waals surface area contributed by atoms with Crippen LogP contribution in [-0.4, -0.2) is 71.9 Å². The van der Waals surface area contributed by atoms with Gasteiger partial charge >= 0.3 is 5.97 Å². The summed E-state index contributed by atoms with van der Waals surface area (Å²) in [7, 11) is 0. The molecule has 0 saturated carbocycles. The van der Waals surface area contributed by atoms with Crippen LogP contribution < -0.4 is 16.1 Å². The Morgan fingerprint density at radius 2 is 1.95 bits per heavy atom. The van der Waals surface area contributed by atoms with Gasteiger partial charge in [-0.25, -0.2) is 10.2 Å². The van der Waals surface area contributed by atoms with Crippen molar-refractivity contribution in [1.29, 1.82) is 0 Å². The van der Waals surface area contributed by atoms with Crippen molar-refractivity contribution in [2.75, 3.05) is 26.2 Å². The molecular weight excluding hydrogens is 526 g/mol. The van der Waals surface area contributed by atoms with Crippen LogP contribution in [0.1, 0.15) is 71.2 Å². The lowest BCUT2D eigenvalue weighted by molar-refractivity contribution is -0.145. The summed E-state index contributed by atoms with van der Waals surface area (Å²) in [5.41, 5.74) is 3.68. The molecule has 3 heterocycles. The van der Waals surface area contributed by atoms with Crippen molar-refractivity contribution < 1.29 is 28.3 Å². The zero-order chi connectivity index (χ0) is 30.4. The number of amides is 2. The Balaban J connectivity index is 0.000000642. The second-order valence-electron chi connectivity index (χ2n) is 10.7. The van der Waals surface area contributed by atoms with Gasteiger partial charge in [-0.15, -0.1) is 0 Å². The molecule has 0 bridgehead atoms. The van der Waals surface area contributed by atoms with Crippen molar-refractivity contribution in [1.82, 2.24) is 26.1 Å². The van der Waals surface area contributed by atoms with Crippen LogP contribution in [0.15, 0.2) is 41.3 Å². The highest BCUT2D eigenvalue weighted by Gasteiger charge is 2.34. The normalized spacial score (nSPS) is 15.6. The van der Waals surface area contributed by atoms with E-state index in [1.807, 2.05) is 0 Å². The number of aromatic nitrogens is 1. The first kappa shape index (κ1) is 33.6. The molecule has 2 amide bonds. The minimum Gasteiger partial charge on any atom is -0.463 e. The molecular formula is C30H45N5O6. The molecule has 226 valence electrons. The summed E-state index contributed by atoms with van der Waals surface area (Å²) >= 11 is 0. The van der Waals surface area contributed by atoms with Crippen molar-refractivity contribution in [3.63, 3.8) is 0 Å². The molecule has 1 saturated heterocycles. The van der Waals surface area contributed by atoms with E-state index in [2.05, 4.69) is 41.8 Å². The minimum absolute atomic E-state index is 0.173. The van der Waals surface area contributed by atoms with E-state index in [0.717, 1.165) is 18.9 Å². The fourth-order valence-corrected chi connectivity index (χ4v) is 4.24. The van der Waals surface area contributed by atoms with Gasteiger partial charge in [0.2, 0.25) is 11.8 Å². The van der Waals surface area contributed by atoms with Gasteiger partial charge in [0.05, 0.1) is 12.3 Å². The highest BCUT2D eigenvalue weighted by molar-refractivity contribution is 5.98. The van der Waals surface area contributed by atoms with Crippen molar-refractivity contribution in [3.8, 4) is 11.3 Å². The molecule has 11 heteroatoms. The molecule has 3 rings (SSSR count). The molecule has 3 N–H and O–H groups in total. The average molecular weight is 572 g/mol. The van der Waals surface area contributed by atoms with Crippen LogP contribution in [0.2, 0.25) is 0 Å². The van der Waals surface area contributed by atoms with Gasteiger partial charge in [0, 0.05) is 31.4 Å². The quantitative estimate of drug-likeness (QED) is 0.258. The van der Waals surface area contributed by atoms with Crippen LogP contribution in [-0.2, 0) is 19.1 Å². The lowest BCUT2D eigenvalue weighted by Crippen LogP contribution is -2.60. The number of rotatable bonds is 12. The van der Waals surface area contributed by atoms with Gasteiger partial charge in [0.25, 0.3) is 0 Å². The van der Waals surface area contributed by atoms with Crippen LogP contribution in [0.5, 0.6) is 0 Å². The fourth-order valence-electron chi connectivity index (χ4n) is 4.24. The molecule has 0 aromatic carbocycles. The lowest BCUT2D eigenvalue weighted by atomic mass is 9.98. The Labute approximate surface area is 242 Å². The van der Waals surface area contributed by atoms with Crippen LogP contribution in [0.3, 0.4) is 0 Å². The number of carbonyl (C=O) groups is 4. The first-order chi connectivity index (χ1) is 19.6. The van der Waals surface area contributed by atoms with Gasteiger partial charge in [0.15, 0.2) is 12.4 Å². The number of hydrogen-bond acceptors (Lipinski definition) is 9. The van der Waals surface area contributed by atoms with Gasteiger partial charge in [-0.3, -0.25) is 24.4 Å². The van der Waals surface area contributed by atoms with E-state index in [0.29, 0.717) is 24.3 Å². The monoisotopic (exact) mass is 571 g/mol. The molecule has 2 atom stereocenters. The number of carbonyl (C=O) groups excluding carboxylic acids is 4. The largest absolute Gasteiger partial charge is 0.463 e. The third kappa shape index (κ3) is 10.7. The smallest absolute Gasteiger partial charge is 0.342 e. The van der Waals surface area contributed by atoms with Gasteiger partial charge in [-0.1, -0.05) is 34.6 Å². The van der Waals surface area contributed by atoms with Crippen molar-refractivity contribution in [3.05, 3.63) is 42.4 Å². The standard InChI is InChI=1S/C23H28N4O6.C7H17N/c1-14(2)20(26-22(30)18-7-5-10-25-27(18)15(3)28)19(29)13-33-23(31)17-8-11-32-21(17)16-6-4-9-24-12-16;1-4-8-6-5-7(2)3/h4,6,8-9,11-12,14,18,20,25H,5,7,10,13H2,1-3H3,(H,26,30);7-8H,4-6H2,1-3H3. The van der Waals surface area contributed by atoms with E-state index < -0.39 is 36.4 Å². The number of nitrogens with one attached hydrogen (secondary N) is 3. The summed E-state index contributed by atoms with van der Waals surface area (Å²) in [6, 6.07) is 3.33. The average Bonchev–Trinajstić information content (AvgIpc) is 3.45. The first-order valence-corrected chi connectivity index (χ1v) is 14.3. The summed E-state index contributed by atoms with van der Waals surface area (Å²) in [4.78, 5) is 54.1. The Morgan fingerprint density at radius 1 is 1.20 bits per heavy atom. The zero-order valence-electron chi connectivity index (χ0n) is 25.1. The topological polar surface area (TPSA) is 143 Å². The first-order valence-electron chi connectivity index (χ1n) is 14.3. The van der Waals surface area contributed by atoms with E-state index in [1.54, 1.807) is 38.4 Å². The fraction of sp³-hybridized carbons (Fsp3) is 0.567. The third-order valence-electron chi connectivity index (χ3n) is 6.50. The van der Waals surface area contributed by atoms with Crippen LogP contribution in [0, 0.1) is 11.8 Å². The number of hydrogen-bond donors (Lipinski definition) is 3. The second kappa shape index (κ2) is 17.3. The molecule has 2 aromatic heterocycles. The third-order valence-corrected chi connectivity index (χ3v) is 6.50. The molecule has 41 heavy (non-hydrogen) atoms. The van der Waals surface area contributed by atoms with Crippen LogP contribution >= 0.6 is 0 Å². The van der Waals surface area contributed by atoms with Crippen molar-refractivity contribution >= 4 is 23.6 Å². The Morgan fingerprint density at radius 3 is 2.56 bits per heavy atom. The lowest BCUT2D eigenvalue weighted by Gasteiger charge is -2.35. The molecule has 2 unspecified atom stereocenters. The van der Waals surface area contributed by atoms with Crippen molar-refractivity contribution in [2.45, 2.75) is 72.9 Å². The highest BCUT2D eigenvalue weighted by atomic mass is 16.5. The Hall–Kier alpha value is -3.57. The summed E-state index contributed by atoms with van der Waals surface area (Å²) in [6.07, 6.45) is 7.02. The molecule has 2 aromatic rings. The minimum atomic E-state index is -0.872. The van der Waals surface area contributed by atoms with Gasteiger partial charge < -0.3 is 19.8 Å². The van der Waals surface area contributed by atoms with E-state index in [4.69, 9.17) is 9.15 Å². The predicted molar refractivity (Wildman–Crippen MR) is 156 cm³/mol. The number of esters is 1. The summed E-state index contributed by atoms with van der Waals surface area (Å²) in [5, 5.41) is 7.30. The molecule has 0 aliphatic carbocycles. The molecule has 1 fully saturated rings. The van der Waals surface area contributed by atoms with Gasteiger partial charge in [-0.2, -0.15) is 0 Å². The van der Waals surface area contributed by atoms with Crippen LogP contribution in [0.4, 0.5) is 0 Å². The summed E-state index contributed by atoms with van der Waals surface area (Å²) in [6.45, 7) is 13.9. The number of ketones is 1. The van der Waals surface area contributed by atoms with Gasteiger partial charge in [0.1, 0.15) is 17.4 Å². The number of nitrogens with zero attached hydrogens (tertiary/aromatic N) is 2. The number of pyridine rings is 1. The molecule has 11 nitrogen and oxygen atoms in total. The zero-order valence-corrected chi connectivity index (χ0v) is 25.1. The van der Waals surface area contributed by atoms with E-state index in [-0.39, 0.29) is 17.4 Å². The van der Waals surface area contributed by atoms with Crippen molar-refractivity contribution in [2.24, 2.45) is 11.8 Å². The molecule has 1 aliphatic heterocycles. The highest BCUT2D eigenvalue weighted by Crippen LogP contribution is 2.24. The Bertz CT molecular complexity index is 1120. The van der Waals surface area contributed by atoms with Crippen LogP contribution in [0.25, 0.3) is 11.3 Å². The van der Waals surface area contributed by atoms with E-state index in [9.17, 15) is 19.2 Å². The summed E-state index contributed by atoms with van der Waals surface area (Å²) in [5.74, 6) is -0.981. The Kier molecular flexibility index (Phi) is 14.2. The number of furan rings is 1. The number of hydrazine groups is 1. The molecule has 1 aliphatic rings. The maximum atomic E-state index is 12.8. The number of Topliss-reactive ketones (excluding diaryl/α,β-unsaturated/α-hetero) is 1. The summed E-state index contributed by atoms with van der Waals surface area (Å²) < 4.78 is 10.6. The SMILES string of the molecule is CC(=O)N1NCCCC1C(=O)NC(C(=O)COC(=O)c1ccoc1-c1cccnc1)C(C)C.CCNCCC(C)C. The maximum absolute atomic E-state index is 12.8. The number of ether oxygens (including phenoxy) is 1. The maximum Gasteiger partial charge on any atom is 0.342 e. The van der Waals surface area contributed by atoms with E-state index in [1.165, 1.54) is 37.2 Å².